The molecule has 0 heterocycles. The minimum atomic E-state index is 0.736. The van der Waals surface area contributed by atoms with Gasteiger partial charge in [0.25, 0.3) is 0 Å². The van der Waals surface area contributed by atoms with E-state index in [0.717, 1.165) is 10.7 Å². The lowest BCUT2D eigenvalue weighted by Crippen LogP contribution is -2.11. The highest BCUT2D eigenvalue weighted by atomic mass is 79.9. The Morgan fingerprint density at radius 3 is 2.47 bits per heavy atom. The fourth-order valence-electron chi connectivity index (χ4n) is 2.50. The monoisotopic (exact) mass is 266 g/mol. The lowest BCUT2D eigenvalue weighted by atomic mass is 9.98. The number of hydrogen-bond acceptors (Lipinski definition) is 0. The van der Waals surface area contributed by atoms with E-state index < -0.39 is 0 Å². The molecule has 0 aromatic heterocycles. The van der Waals surface area contributed by atoms with E-state index in [4.69, 9.17) is 0 Å². The second-order valence-corrected chi connectivity index (χ2v) is 5.76. The molecule has 1 aromatic carbocycles. The van der Waals surface area contributed by atoms with Crippen molar-refractivity contribution in [3.8, 4) is 0 Å². The highest BCUT2D eigenvalue weighted by Gasteiger charge is 2.22. The molecule has 1 unspecified atom stereocenters. The second-order valence-electron chi connectivity index (χ2n) is 4.58. The van der Waals surface area contributed by atoms with E-state index in [0.29, 0.717) is 0 Å². The molecule has 15 heavy (non-hydrogen) atoms. The van der Waals surface area contributed by atoms with Crippen LogP contribution in [0.2, 0.25) is 0 Å². The van der Waals surface area contributed by atoms with Crippen LogP contribution in [-0.2, 0) is 6.42 Å². The zero-order chi connectivity index (χ0) is 10.5. The quantitative estimate of drug-likeness (QED) is 0.701. The molecule has 0 nitrogen and oxygen atoms in total. The third kappa shape index (κ3) is 3.34. The predicted octanol–water partition coefficient (Wildman–Crippen LogP) is 4.57. The molecule has 1 atom stereocenters. The molecule has 1 aliphatic carbocycles. The lowest BCUT2D eigenvalue weighted by Gasteiger charge is -2.16. The molecular weight excluding hydrogens is 248 g/mol. The Hall–Kier alpha value is -0.300. The molecule has 0 spiro atoms. The average Bonchev–Trinajstić information content (AvgIpc) is 2.81. The number of aryl methyl sites for hydroxylation is 1. The van der Waals surface area contributed by atoms with Gasteiger partial charge in [0.05, 0.1) is 0 Å². The summed E-state index contributed by atoms with van der Waals surface area (Å²) in [5.41, 5.74) is 1.47. The van der Waals surface area contributed by atoms with Crippen LogP contribution in [0.4, 0.5) is 0 Å². The molecule has 1 fully saturated rings. The number of hydrogen-bond donors (Lipinski definition) is 0. The summed E-state index contributed by atoms with van der Waals surface area (Å²) in [6, 6.07) is 10.8. The summed E-state index contributed by atoms with van der Waals surface area (Å²) in [5, 5.41) is 0. The summed E-state index contributed by atoms with van der Waals surface area (Å²) in [5.74, 6) is 0.939. The topological polar surface area (TPSA) is 0 Å². The summed E-state index contributed by atoms with van der Waals surface area (Å²) >= 11 is 3.86. The Kier molecular flexibility index (Phi) is 4.25. The SMILES string of the molecule is BrC(CCc1ccccc1)C1CCCC1. The van der Waals surface area contributed by atoms with Crippen molar-refractivity contribution in [1.29, 1.82) is 0 Å². The van der Waals surface area contributed by atoms with E-state index in [1.54, 1.807) is 0 Å². The van der Waals surface area contributed by atoms with E-state index in [1.165, 1.54) is 44.1 Å². The minimum Gasteiger partial charge on any atom is -0.0888 e. The van der Waals surface area contributed by atoms with Gasteiger partial charge in [-0.05, 0) is 37.2 Å². The number of rotatable bonds is 4. The summed E-state index contributed by atoms with van der Waals surface area (Å²) in [4.78, 5) is 0.736. The number of halogens is 1. The fourth-order valence-corrected chi connectivity index (χ4v) is 3.26. The molecule has 0 amide bonds. The van der Waals surface area contributed by atoms with Crippen LogP contribution < -0.4 is 0 Å². The maximum Gasteiger partial charge on any atom is 0.0177 e. The molecule has 1 aliphatic rings. The van der Waals surface area contributed by atoms with Gasteiger partial charge in [-0.15, -0.1) is 0 Å². The standard InChI is InChI=1S/C14H19Br/c15-14(13-8-4-5-9-13)11-10-12-6-2-1-3-7-12/h1-3,6-7,13-14H,4-5,8-11H2. The summed E-state index contributed by atoms with van der Waals surface area (Å²) in [7, 11) is 0. The first-order valence-electron chi connectivity index (χ1n) is 6.04. The van der Waals surface area contributed by atoms with Crippen molar-refractivity contribution in [3.63, 3.8) is 0 Å². The average molecular weight is 267 g/mol. The third-order valence-corrected chi connectivity index (χ3v) is 4.67. The van der Waals surface area contributed by atoms with Gasteiger partial charge < -0.3 is 0 Å². The highest BCUT2D eigenvalue weighted by Crippen LogP contribution is 2.33. The van der Waals surface area contributed by atoms with Crippen molar-refractivity contribution < 1.29 is 0 Å². The number of benzene rings is 1. The molecule has 2 rings (SSSR count). The van der Waals surface area contributed by atoms with Gasteiger partial charge in [0.15, 0.2) is 0 Å². The Morgan fingerprint density at radius 2 is 1.80 bits per heavy atom. The zero-order valence-corrected chi connectivity index (χ0v) is 10.7. The molecule has 0 N–H and O–H groups in total. The molecule has 1 aromatic rings. The van der Waals surface area contributed by atoms with Crippen molar-refractivity contribution in [3.05, 3.63) is 35.9 Å². The van der Waals surface area contributed by atoms with Crippen molar-refractivity contribution in [2.24, 2.45) is 5.92 Å². The molecule has 82 valence electrons. The van der Waals surface area contributed by atoms with Gasteiger partial charge in [0.2, 0.25) is 0 Å². The van der Waals surface area contributed by atoms with Crippen molar-refractivity contribution in [1.82, 2.24) is 0 Å². The van der Waals surface area contributed by atoms with Crippen molar-refractivity contribution in [2.45, 2.75) is 43.4 Å². The van der Waals surface area contributed by atoms with Gasteiger partial charge >= 0.3 is 0 Å². The van der Waals surface area contributed by atoms with Crippen LogP contribution in [0.5, 0.6) is 0 Å². The predicted molar refractivity (Wildman–Crippen MR) is 69.4 cm³/mol. The van der Waals surface area contributed by atoms with E-state index in [-0.39, 0.29) is 0 Å². The van der Waals surface area contributed by atoms with Crippen LogP contribution in [0.25, 0.3) is 0 Å². The molecule has 0 aliphatic heterocycles. The minimum absolute atomic E-state index is 0.736. The molecule has 1 saturated carbocycles. The van der Waals surface area contributed by atoms with Crippen LogP contribution >= 0.6 is 15.9 Å². The Bertz CT molecular complexity index is 275. The Labute approximate surface area is 101 Å². The van der Waals surface area contributed by atoms with Crippen molar-refractivity contribution in [2.75, 3.05) is 0 Å². The first-order valence-corrected chi connectivity index (χ1v) is 6.96. The Balaban J connectivity index is 1.77. The first kappa shape index (κ1) is 11.2. The summed E-state index contributed by atoms with van der Waals surface area (Å²) in [6.45, 7) is 0. The van der Waals surface area contributed by atoms with Crippen LogP contribution in [-0.4, -0.2) is 4.83 Å². The van der Waals surface area contributed by atoms with Crippen LogP contribution in [0.15, 0.2) is 30.3 Å². The summed E-state index contributed by atoms with van der Waals surface area (Å²) < 4.78 is 0. The van der Waals surface area contributed by atoms with E-state index in [2.05, 4.69) is 46.3 Å². The second kappa shape index (κ2) is 5.69. The molecule has 0 radical (unpaired) electrons. The molecule has 1 heteroatoms. The molecule has 0 bridgehead atoms. The largest absolute Gasteiger partial charge is 0.0888 e. The van der Waals surface area contributed by atoms with E-state index in [1.807, 2.05) is 0 Å². The van der Waals surface area contributed by atoms with Crippen LogP contribution in [0.1, 0.15) is 37.7 Å². The summed E-state index contributed by atoms with van der Waals surface area (Å²) in [6.07, 6.45) is 8.26. The van der Waals surface area contributed by atoms with Gasteiger partial charge in [-0.3, -0.25) is 0 Å². The fraction of sp³-hybridized carbons (Fsp3) is 0.571. The van der Waals surface area contributed by atoms with Gasteiger partial charge in [0, 0.05) is 4.83 Å². The highest BCUT2D eigenvalue weighted by molar-refractivity contribution is 9.09. The maximum atomic E-state index is 3.86. The van der Waals surface area contributed by atoms with Gasteiger partial charge in [-0.1, -0.05) is 59.1 Å². The first-order chi connectivity index (χ1) is 7.36. The third-order valence-electron chi connectivity index (χ3n) is 3.46. The maximum absolute atomic E-state index is 3.86. The van der Waals surface area contributed by atoms with Gasteiger partial charge in [-0.2, -0.15) is 0 Å². The van der Waals surface area contributed by atoms with Crippen molar-refractivity contribution >= 4 is 15.9 Å². The van der Waals surface area contributed by atoms with E-state index in [9.17, 15) is 0 Å². The molecule has 0 saturated heterocycles. The van der Waals surface area contributed by atoms with E-state index >= 15 is 0 Å². The Morgan fingerprint density at radius 1 is 1.13 bits per heavy atom. The van der Waals surface area contributed by atoms with Gasteiger partial charge in [0.1, 0.15) is 0 Å². The van der Waals surface area contributed by atoms with Gasteiger partial charge in [-0.25, -0.2) is 0 Å². The van der Waals surface area contributed by atoms with Crippen LogP contribution in [0, 0.1) is 5.92 Å². The normalized spacial score (nSPS) is 19.3. The number of alkyl halides is 1. The lowest BCUT2D eigenvalue weighted by molar-refractivity contribution is 0.506. The van der Waals surface area contributed by atoms with Crippen LogP contribution in [0.3, 0.4) is 0 Å². The molecular formula is C14H19Br. The smallest absolute Gasteiger partial charge is 0.0177 e. The zero-order valence-electron chi connectivity index (χ0n) is 9.16.